The molecule has 1 aliphatic rings. The summed E-state index contributed by atoms with van der Waals surface area (Å²) in [5, 5.41) is 9.12. The normalized spacial score (nSPS) is 28.5. The van der Waals surface area contributed by atoms with E-state index in [0.717, 1.165) is 0 Å². The summed E-state index contributed by atoms with van der Waals surface area (Å²) in [7, 11) is 1.54. The van der Waals surface area contributed by atoms with Crippen LogP contribution >= 0.6 is 0 Å². The van der Waals surface area contributed by atoms with Crippen LogP contribution in [0, 0.1) is 0 Å². The molecule has 0 bridgehead atoms. The average Bonchev–Trinajstić information content (AvgIpc) is 2.72. The van der Waals surface area contributed by atoms with Gasteiger partial charge in [0.1, 0.15) is 18.1 Å². The Morgan fingerprint density at radius 3 is 3.06 bits per heavy atom. The molecule has 0 unspecified atom stereocenters. The van der Waals surface area contributed by atoms with Gasteiger partial charge in [-0.1, -0.05) is 0 Å². The zero-order valence-corrected chi connectivity index (χ0v) is 9.44. The van der Waals surface area contributed by atoms with Gasteiger partial charge in [0.25, 0.3) is 0 Å². The van der Waals surface area contributed by atoms with Crippen LogP contribution in [0.15, 0.2) is 17.1 Å². The Morgan fingerprint density at radius 1 is 1.76 bits per heavy atom. The number of nitrogens with two attached hydrogens (primary N) is 1. The van der Waals surface area contributed by atoms with Gasteiger partial charge >= 0.3 is 5.69 Å². The van der Waals surface area contributed by atoms with Crippen LogP contribution < -0.4 is 11.4 Å². The second-order valence-electron chi connectivity index (χ2n) is 3.86. The summed E-state index contributed by atoms with van der Waals surface area (Å²) >= 11 is 0. The molecular weight excluding hydrogens is 226 g/mol. The number of aromatic nitrogens is 2. The highest BCUT2D eigenvalue weighted by molar-refractivity contribution is 5.23. The second-order valence-corrected chi connectivity index (χ2v) is 3.86. The minimum Gasteiger partial charge on any atom is -0.394 e. The molecule has 2 rings (SSSR count). The van der Waals surface area contributed by atoms with E-state index in [1.165, 1.54) is 16.8 Å². The van der Waals surface area contributed by atoms with Gasteiger partial charge < -0.3 is 20.3 Å². The predicted molar refractivity (Wildman–Crippen MR) is 59.3 cm³/mol. The van der Waals surface area contributed by atoms with E-state index >= 15 is 0 Å². The number of rotatable bonds is 3. The largest absolute Gasteiger partial charge is 0.394 e. The zero-order chi connectivity index (χ0) is 12.4. The fraction of sp³-hybridized carbons (Fsp3) is 0.600. The smallest absolute Gasteiger partial charge is 0.351 e. The van der Waals surface area contributed by atoms with Crippen molar-refractivity contribution in [2.45, 2.75) is 24.9 Å². The number of aliphatic hydroxyl groups excluding tert-OH is 1. The molecule has 7 nitrogen and oxygen atoms in total. The Labute approximate surface area is 97.8 Å². The maximum absolute atomic E-state index is 11.6. The van der Waals surface area contributed by atoms with Gasteiger partial charge in [-0.2, -0.15) is 4.98 Å². The highest BCUT2D eigenvalue weighted by Gasteiger charge is 2.36. The van der Waals surface area contributed by atoms with E-state index in [1.54, 1.807) is 7.11 Å². The molecule has 0 radical (unpaired) electrons. The summed E-state index contributed by atoms with van der Waals surface area (Å²) in [6.45, 7) is -0.147. The van der Waals surface area contributed by atoms with E-state index in [0.29, 0.717) is 6.42 Å². The number of ether oxygens (including phenoxy) is 2. The van der Waals surface area contributed by atoms with Gasteiger partial charge in [0, 0.05) is 19.7 Å². The van der Waals surface area contributed by atoms with E-state index in [9.17, 15) is 4.79 Å². The Kier molecular flexibility index (Phi) is 3.41. The fourth-order valence-corrected chi connectivity index (χ4v) is 1.93. The van der Waals surface area contributed by atoms with Crippen molar-refractivity contribution in [3.63, 3.8) is 0 Å². The number of anilines is 1. The minimum atomic E-state index is -0.474. The van der Waals surface area contributed by atoms with Crippen molar-refractivity contribution in [2.24, 2.45) is 0 Å². The lowest BCUT2D eigenvalue weighted by Crippen LogP contribution is -2.28. The average molecular weight is 241 g/mol. The lowest BCUT2D eigenvalue weighted by Gasteiger charge is -2.14. The summed E-state index contributed by atoms with van der Waals surface area (Å²) in [5.41, 5.74) is 4.93. The van der Waals surface area contributed by atoms with Crippen LogP contribution in [-0.4, -0.2) is 40.6 Å². The van der Waals surface area contributed by atoms with Gasteiger partial charge in [0.05, 0.1) is 12.7 Å². The van der Waals surface area contributed by atoms with Gasteiger partial charge in [-0.15, -0.1) is 0 Å². The Hall–Kier alpha value is -1.44. The number of hydrogen-bond donors (Lipinski definition) is 2. The van der Waals surface area contributed by atoms with Gasteiger partial charge in [0.15, 0.2) is 0 Å². The first-order chi connectivity index (χ1) is 8.15. The van der Waals surface area contributed by atoms with Gasteiger partial charge in [-0.3, -0.25) is 4.57 Å². The number of hydrogen-bond acceptors (Lipinski definition) is 6. The van der Waals surface area contributed by atoms with Crippen LogP contribution in [0.3, 0.4) is 0 Å². The lowest BCUT2D eigenvalue weighted by molar-refractivity contribution is -0.0534. The maximum atomic E-state index is 11.6. The highest BCUT2D eigenvalue weighted by Crippen LogP contribution is 2.29. The zero-order valence-electron chi connectivity index (χ0n) is 9.44. The molecule has 3 N–H and O–H groups in total. The molecule has 7 heteroatoms. The summed E-state index contributed by atoms with van der Waals surface area (Å²) in [4.78, 5) is 15.2. The first kappa shape index (κ1) is 12.0. The van der Waals surface area contributed by atoms with Crippen LogP contribution in [0.1, 0.15) is 12.6 Å². The van der Waals surface area contributed by atoms with Crippen LogP contribution in [-0.2, 0) is 9.47 Å². The van der Waals surface area contributed by atoms with Crippen molar-refractivity contribution < 1.29 is 14.6 Å². The molecule has 1 fully saturated rings. The van der Waals surface area contributed by atoms with E-state index in [4.69, 9.17) is 20.3 Å². The van der Waals surface area contributed by atoms with Gasteiger partial charge in [-0.25, -0.2) is 4.79 Å². The molecule has 1 aromatic rings. The van der Waals surface area contributed by atoms with E-state index in [2.05, 4.69) is 4.98 Å². The second kappa shape index (κ2) is 4.82. The topological polar surface area (TPSA) is 99.6 Å². The molecule has 1 saturated heterocycles. The van der Waals surface area contributed by atoms with Crippen LogP contribution in [0.4, 0.5) is 5.82 Å². The molecule has 17 heavy (non-hydrogen) atoms. The standard InChI is InChI=1S/C10H15N3O4/c1-16-6-4-9(17-7(6)5-14)13-3-2-8(11)12-10(13)15/h2-3,6-7,9,14H,4-5H2,1H3,(H2,11,12,15)/t6-,7+,9+/m0/s1. The molecule has 1 aromatic heterocycles. The van der Waals surface area contributed by atoms with E-state index < -0.39 is 18.0 Å². The van der Waals surface area contributed by atoms with Crippen molar-refractivity contribution in [1.29, 1.82) is 0 Å². The number of aliphatic hydroxyl groups is 1. The Balaban J connectivity index is 2.22. The maximum Gasteiger partial charge on any atom is 0.351 e. The minimum absolute atomic E-state index is 0.147. The molecule has 1 aliphatic heterocycles. The number of methoxy groups -OCH3 is 1. The molecular formula is C10H15N3O4. The van der Waals surface area contributed by atoms with Crippen molar-refractivity contribution in [3.8, 4) is 0 Å². The van der Waals surface area contributed by atoms with Gasteiger partial charge in [0.2, 0.25) is 0 Å². The van der Waals surface area contributed by atoms with Gasteiger partial charge in [-0.05, 0) is 6.07 Å². The van der Waals surface area contributed by atoms with Crippen LogP contribution in [0.5, 0.6) is 0 Å². The molecule has 2 heterocycles. The molecule has 3 atom stereocenters. The van der Waals surface area contributed by atoms with Crippen molar-refractivity contribution in [2.75, 3.05) is 19.5 Å². The monoisotopic (exact) mass is 241 g/mol. The first-order valence-electron chi connectivity index (χ1n) is 5.29. The predicted octanol–water partition coefficient (Wildman–Crippen LogP) is -0.880. The van der Waals surface area contributed by atoms with E-state index in [-0.39, 0.29) is 18.5 Å². The van der Waals surface area contributed by atoms with Crippen LogP contribution in [0.2, 0.25) is 0 Å². The van der Waals surface area contributed by atoms with Crippen LogP contribution in [0.25, 0.3) is 0 Å². The Bertz CT molecular complexity index is 435. The molecule has 0 aromatic carbocycles. The number of nitrogen functional groups attached to an aromatic ring is 1. The third-order valence-corrected chi connectivity index (χ3v) is 2.82. The summed E-state index contributed by atoms with van der Waals surface area (Å²) in [6, 6.07) is 1.53. The fourth-order valence-electron chi connectivity index (χ4n) is 1.93. The highest BCUT2D eigenvalue weighted by atomic mass is 16.6. The first-order valence-corrected chi connectivity index (χ1v) is 5.29. The third kappa shape index (κ3) is 2.31. The molecule has 0 aliphatic carbocycles. The number of nitrogens with zero attached hydrogens (tertiary/aromatic N) is 2. The summed E-state index contributed by atoms with van der Waals surface area (Å²) < 4.78 is 12.1. The molecule has 94 valence electrons. The molecule has 0 amide bonds. The SMILES string of the molecule is CO[C@H]1C[C@H](n2ccc(N)nc2=O)O[C@@H]1CO. The summed E-state index contributed by atoms with van der Waals surface area (Å²) in [5.74, 6) is 0.172. The third-order valence-electron chi connectivity index (χ3n) is 2.82. The summed E-state index contributed by atoms with van der Waals surface area (Å²) in [6.07, 6.45) is 0.899. The molecule has 0 spiro atoms. The quantitative estimate of drug-likeness (QED) is 0.713. The van der Waals surface area contributed by atoms with Crippen molar-refractivity contribution in [1.82, 2.24) is 9.55 Å². The van der Waals surface area contributed by atoms with Crippen molar-refractivity contribution >= 4 is 5.82 Å². The lowest BCUT2D eigenvalue weighted by atomic mass is 10.2. The Morgan fingerprint density at radius 2 is 2.53 bits per heavy atom. The molecule has 0 saturated carbocycles. The van der Waals surface area contributed by atoms with E-state index in [1.807, 2.05) is 0 Å². The van der Waals surface area contributed by atoms with Crippen molar-refractivity contribution in [3.05, 3.63) is 22.7 Å².